The fourth-order valence-electron chi connectivity index (χ4n) is 0.554. The third kappa shape index (κ3) is 2.41. The molecule has 0 atom stereocenters. The van der Waals surface area contributed by atoms with Crippen molar-refractivity contribution in [2.75, 3.05) is 0 Å². The molecule has 0 bridgehead atoms. The quantitative estimate of drug-likeness (QED) is 0.519. The second kappa shape index (κ2) is 3.57. The molecule has 1 radical (unpaired) electrons. The first-order valence-electron chi connectivity index (χ1n) is 2.22. The molecular formula is C6H8Y. The first-order chi connectivity index (χ1) is 2.89. The van der Waals surface area contributed by atoms with E-state index in [2.05, 4.69) is 25.2 Å². The van der Waals surface area contributed by atoms with Gasteiger partial charge in [0, 0.05) is 32.7 Å². The molecule has 1 aliphatic carbocycles. The minimum Gasteiger partial charge on any atom is -0.0805 e. The van der Waals surface area contributed by atoms with E-state index in [4.69, 9.17) is 0 Å². The molecule has 0 amide bonds. The summed E-state index contributed by atoms with van der Waals surface area (Å²) in [6.07, 6.45) is 7.56. The van der Waals surface area contributed by atoms with Crippen molar-refractivity contribution in [2.45, 2.75) is 13.3 Å². The van der Waals surface area contributed by atoms with E-state index in [9.17, 15) is 0 Å². The molecular weight excluding hydrogens is 161 g/mol. The van der Waals surface area contributed by atoms with E-state index in [0.717, 1.165) is 0 Å². The molecule has 1 aliphatic rings. The van der Waals surface area contributed by atoms with E-state index in [-0.39, 0.29) is 32.7 Å². The zero-order valence-corrected chi connectivity index (χ0v) is 7.35. The summed E-state index contributed by atoms with van der Waals surface area (Å²) >= 11 is 0. The number of hydrogen-bond donors (Lipinski definition) is 0. The van der Waals surface area contributed by atoms with Crippen LogP contribution in [0.3, 0.4) is 0 Å². The maximum Gasteiger partial charge on any atom is 0 e. The topological polar surface area (TPSA) is 0 Å². The van der Waals surface area contributed by atoms with Crippen LogP contribution < -0.4 is 0 Å². The van der Waals surface area contributed by atoms with Gasteiger partial charge in [0.05, 0.1) is 0 Å². The summed E-state index contributed by atoms with van der Waals surface area (Å²) in [5, 5.41) is 0. The Bertz CT molecular complexity index is 101. The summed E-state index contributed by atoms with van der Waals surface area (Å²) in [4.78, 5) is 0. The van der Waals surface area contributed by atoms with Crippen molar-refractivity contribution >= 4 is 0 Å². The molecule has 0 saturated carbocycles. The van der Waals surface area contributed by atoms with Gasteiger partial charge in [-0.1, -0.05) is 23.8 Å². The summed E-state index contributed by atoms with van der Waals surface area (Å²) in [5.74, 6) is 0. The normalized spacial score (nSPS) is 15.9. The fourth-order valence-corrected chi connectivity index (χ4v) is 0.554. The summed E-state index contributed by atoms with van der Waals surface area (Å²) in [5.41, 5.74) is 1.47. The molecule has 0 N–H and O–H groups in total. The Morgan fingerprint density at radius 1 is 1.57 bits per heavy atom. The second-order valence-electron chi connectivity index (χ2n) is 1.65. The van der Waals surface area contributed by atoms with Gasteiger partial charge in [-0.05, 0) is 13.3 Å². The average molecular weight is 169 g/mol. The van der Waals surface area contributed by atoms with Crippen molar-refractivity contribution in [3.63, 3.8) is 0 Å². The Balaban J connectivity index is 0.000000360. The van der Waals surface area contributed by atoms with Gasteiger partial charge in [-0.15, -0.1) is 0 Å². The summed E-state index contributed by atoms with van der Waals surface area (Å²) in [6, 6.07) is 0. The number of rotatable bonds is 0. The van der Waals surface area contributed by atoms with Crippen LogP contribution in [0.15, 0.2) is 23.8 Å². The van der Waals surface area contributed by atoms with Crippen molar-refractivity contribution in [3.8, 4) is 0 Å². The zero-order valence-electron chi connectivity index (χ0n) is 4.52. The molecule has 1 heteroatoms. The van der Waals surface area contributed by atoms with E-state index < -0.39 is 0 Å². The first kappa shape index (κ1) is 7.58. The molecule has 0 aromatic carbocycles. The molecule has 1 rings (SSSR count). The minimum atomic E-state index is 0. The minimum absolute atomic E-state index is 0. The Labute approximate surface area is 69.6 Å². The van der Waals surface area contributed by atoms with Crippen LogP contribution in [0, 0.1) is 0 Å². The van der Waals surface area contributed by atoms with Gasteiger partial charge in [-0.25, -0.2) is 0 Å². The van der Waals surface area contributed by atoms with Gasteiger partial charge in [0.25, 0.3) is 0 Å². The van der Waals surface area contributed by atoms with Gasteiger partial charge in [0.15, 0.2) is 0 Å². The smallest absolute Gasteiger partial charge is 0 e. The molecule has 0 spiro atoms. The van der Waals surface area contributed by atoms with Gasteiger partial charge in [0.2, 0.25) is 0 Å². The van der Waals surface area contributed by atoms with Crippen molar-refractivity contribution in [1.29, 1.82) is 0 Å². The Morgan fingerprint density at radius 2 is 2.29 bits per heavy atom. The SMILES string of the molecule is CC1=CC=CC1.[Y]. The molecule has 0 unspecified atom stereocenters. The number of hydrogen-bond acceptors (Lipinski definition) is 0. The van der Waals surface area contributed by atoms with Crippen molar-refractivity contribution in [3.05, 3.63) is 23.8 Å². The third-order valence-electron chi connectivity index (χ3n) is 0.957. The van der Waals surface area contributed by atoms with Crippen molar-refractivity contribution in [1.82, 2.24) is 0 Å². The van der Waals surface area contributed by atoms with E-state index >= 15 is 0 Å². The van der Waals surface area contributed by atoms with Crippen LogP contribution in [0.2, 0.25) is 0 Å². The molecule has 0 aromatic rings. The molecule has 35 valence electrons. The van der Waals surface area contributed by atoms with E-state index in [1.54, 1.807) is 0 Å². The van der Waals surface area contributed by atoms with Crippen LogP contribution in [-0.2, 0) is 32.7 Å². The number of allylic oxidation sites excluding steroid dienone is 4. The van der Waals surface area contributed by atoms with E-state index in [1.807, 2.05) is 0 Å². The molecule has 0 aliphatic heterocycles. The van der Waals surface area contributed by atoms with Crippen LogP contribution in [0.4, 0.5) is 0 Å². The molecule has 0 nitrogen and oxygen atoms in total. The summed E-state index contributed by atoms with van der Waals surface area (Å²) in [6.45, 7) is 2.14. The van der Waals surface area contributed by atoms with Gasteiger partial charge in [-0.2, -0.15) is 0 Å². The fraction of sp³-hybridized carbons (Fsp3) is 0.333. The molecule has 0 heterocycles. The zero-order chi connectivity index (χ0) is 4.41. The second-order valence-corrected chi connectivity index (χ2v) is 1.65. The predicted molar refractivity (Wildman–Crippen MR) is 27.5 cm³/mol. The van der Waals surface area contributed by atoms with Gasteiger partial charge >= 0.3 is 0 Å². The molecule has 0 fully saturated rings. The average Bonchev–Trinajstić information content (AvgIpc) is 1.86. The Kier molecular flexibility index (Phi) is 3.87. The van der Waals surface area contributed by atoms with E-state index in [0.29, 0.717) is 0 Å². The molecule has 0 aromatic heterocycles. The van der Waals surface area contributed by atoms with Crippen molar-refractivity contribution < 1.29 is 32.7 Å². The maximum atomic E-state index is 2.16. The maximum absolute atomic E-state index is 2.16. The Morgan fingerprint density at radius 3 is 2.43 bits per heavy atom. The van der Waals surface area contributed by atoms with Gasteiger partial charge in [0.1, 0.15) is 0 Å². The predicted octanol–water partition coefficient (Wildman–Crippen LogP) is 1.89. The third-order valence-corrected chi connectivity index (χ3v) is 0.957. The van der Waals surface area contributed by atoms with Crippen LogP contribution in [0.5, 0.6) is 0 Å². The standard InChI is InChI=1S/C6H8.Y/c1-6-4-2-3-5-6;/h2-4H,5H2,1H3;. The van der Waals surface area contributed by atoms with Crippen LogP contribution in [0.25, 0.3) is 0 Å². The Hall–Kier alpha value is 0.584. The van der Waals surface area contributed by atoms with E-state index in [1.165, 1.54) is 12.0 Å². The largest absolute Gasteiger partial charge is 0.0805 e. The van der Waals surface area contributed by atoms with Crippen LogP contribution >= 0.6 is 0 Å². The van der Waals surface area contributed by atoms with Crippen LogP contribution in [0.1, 0.15) is 13.3 Å². The molecule has 0 saturated heterocycles. The summed E-state index contributed by atoms with van der Waals surface area (Å²) < 4.78 is 0. The monoisotopic (exact) mass is 169 g/mol. The van der Waals surface area contributed by atoms with Crippen LogP contribution in [-0.4, -0.2) is 0 Å². The van der Waals surface area contributed by atoms with Crippen molar-refractivity contribution in [2.24, 2.45) is 0 Å². The summed E-state index contributed by atoms with van der Waals surface area (Å²) in [7, 11) is 0. The molecule has 7 heavy (non-hydrogen) atoms. The van der Waals surface area contributed by atoms with Gasteiger partial charge in [-0.3, -0.25) is 0 Å². The van der Waals surface area contributed by atoms with Gasteiger partial charge < -0.3 is 0 Å². The first-order valence-corrected chi connectivity index (χ1v) is 2.22.